The van der Waals surface area contributed by atoms with Crippen LogP contribution in [0.25, 0.3) is 11.4 Å². The summed E-state index contributed by atoms with van der Waals surface area (Å²) in [6, 6.07) is 13.1. The van der Waals surface area contributed by atoms with Gasteiger partial charge in [-0.3, -0.25) is 0 Å². The van der Waals surface area contributed by atoms with Gasteiger partial charge in [0.05, 0.1) is 26.5 Å². The van der Waals surface area contributed by atoms with Crippen LogP contribution in [0.4, 0.5) is 0 Å². The molecule has 0 amide bonds. The summed E-state index contributed by atoms with van der Waals surface area (Å²) in [6.45, 7) is 3.96. The number of ether oxygens (including phenoxy) is 3. The molecule has 0 fully saturated rings. The summed E-state index contributed by atoms with van der Waals surface area (Å²) in [5, 5.41) is 11.6. The summed E-state index contributed by atoms with van der Waals surface area (Å²) < 4.78 is 18.3. The first kappa shape index (κ1) is 19.6. The normalized spacial score (nSPS) is 11.2. The second-order valence-electron chi connectivity index (χ2n) is 6.21. The number of hydrogen-bond acceptors (Lipinski definition) is 6. The summed E-state index contributed by atoms with van der Waals surface area (Å²) in [7, 11) is 3.21. The molecule has 3 rings (SSSR count). The van der Waals surface area contributed by atoms with Gasteiger partial charge in [-0.25, -0.2) is 5.10 Å². The van der Waals surface area contributed by atoms with Crippen molar-refractivity contribution in [3.8, 4) is 28.6 Å². The zero-order chi connectivity index (χ0) is 20.1. The number of nitrogens with one attached hydrogen (secondary N) is 1. The first-order valence-corrected chi connectivity index (χ1v) is 9.13. The van der Waals surface area contributed by atoms with Gasteiger partial charge < -0.3 is 14.2 Å². The van der Waals surface area contributed by atoms with Gasteiger partial charge in [0.25, 0.3) is 0 Å². The molecule has 0 aliphatic carbocycles. The number of methoxy groups -OCH3 is 2. The van der Waals surface area contributed by atoms with Crippen molar-refractivity contribution < 1.29 is 14.2 Å². The molecular formula is C20H22N4O3S. The van der Waals surface area contributed by atoms with Crippen LogP contribution in [0.3, 0.4) is 0 Å². The molecule has 146 valence electrons. The monoisotopic (exact) mass is 398 g/mol. The van der Waals surface area contributed by atoms with Crippen molar-refractivity contribution >= 4 is 18.4 Å². The van der Waals surface area contributed by atoms with Crippen LogP contribution < -0.4 is 14.2 Å². The smallest absolute Gasteiger partial charge is 0.216 e. The molecule has 0 saturated heterocycles. The molecule has 0 radical (unpaired) electrons. The number of aromatic amines is 1. The molecule has 8 heteroatoms. The molecule has 0 saturated carbocycles. The van der Waals surface area contributed by atoms with Crippen molar-refractivity contribution in [3.05, 3.63) is 52.8 Å². The van der Waals surface area contributed by atoms with E-state index in [1.54, 1.807) is 31.2 Å². The van der Waals surface area contributed by atoms with Gasteiger partial charge in [0.15, 0.2) is 5.82 Å². The van der Waals surface area contributed by atoms with Gasteiger partial charge in [-0.15, -0.1) is 0 Å². The Morgan fingerprint density at radius 3 is 2.64 bits per heavy atom. The van der Waals surface area contributed by atoms with Gasteiger partial charge in [0.1, 0.15) is 17.2 Å². The summed E-state index contributed by atoms with van der Waals surface area (Å²) in [5.74, 6) is 2.69. The van der Waals surface area contributed by atoms with E-state index in [1.807, 2.05) is 50.2 Å². The molecule has 3 aromatic rings. The molecule has 7 nitrogen and oxygen atoms in total. The average Bonchev–Trinajstić information content (AvgIpc) is 3.06. The molecule has 2 aromatic carbocycles. The van der Waals surface area contributed by atoms with Crippen molar-refractivity contribution in [1.29, 1.82) is 0 Å². The van der Waals surface area contributed by atoms with Gasteiger partial charge in [-0.1, -0.05) is 12.1 Å². The highest BCUT2D eigenvalue weighted by molar-refractivity contribution is 7.71. The lowest BCUT2D eigenvalue weighted by Gasteiger charge is -2.10. The molecule has 0 atom stereocenters. The number of H-pyrrole nitrogens is 1. The van der Waals surface area contributed by atoms with Gasteiger partial charge in [0, 0.05) is 17.2 Å². The Morgan fingerprint density at radius 2 is 1.93 bits per heavy atom. The Morgan fingerprint density at radius 1 is 1.11 bits per heavy atom. The molecule has 28 heavy (non-hydrogen) atoms. The standard InChI is InChI=1S/C20H22N4O3S/c1-13(2)27-17-7-5-6-14(10-17)19-22-23-20(28)24(19)21-12-15-8-9-16(25-3)11-18(15)26-4/h5-13H,1-4H3,(H,23,28)/b21-12-. The van der Waals surface area contributed by atoms with Crippen LogP contribution in [0.1, 0.15) is 19.4 Å². The van der Waals surface area contributed by atoms with E-state index in [1.165, 1.54) is 0 Å². The molecule has 0 unspecified atom stereocenters. The van der Waals surface area contributed by atoms with E-state index in [4.69, 9.17) is 26.4 Å². The number of hydrogen-bond donors (Lipinski definition) is 1. The van der Waals surface area contributed by atoms with Gasteiger partial charge in [0.2, 0.25) is 4.77 Å². The van der Waals surface area contributed by atoms with Gasteiger partial charge in [-0.2, -0.15) is 14.9 Å². The molecule has 1 heterocycles. The van der Waals surface area contributed by atoms with E-state index in [-0.39, 0.29) is 6.10 Å². The van der Waals surface area contributed by atoms with E-state index in [0.717, 1.165) is 16.9 Å². The van der Waals surface area contributed by atoms with Gasteiger partial charge >= 0.3 is 0 Å². The maximum absolute atomic E-state index is 5.76. The lowest BCUT2D eigenvalue weighted by molar-refractivity contribution is 0.242. The fraction of sp³-hybridized carbons (Fsp3) is 0.250. The summed E-state index contributed by atoms with van der Waals surface area (Å²) in [4.78, 5) is 0. The summed E-state index contributed by atoms with van der Waals surface area (Å²) in [6.07, 6.45) is 1.75. The Hall–Kier alpha value is -3.13. The first-order chi connectivity index (χ1) is 13.5. The van der Waals surface area contributed by atoms with Crippen LogP contribution in [-0.2, 0) is 0 Å². The zero-order valence-corrected chi connectivity index (χ0v) is 17.0. The highest BCUT2D eigenvalue weighted by Crippen LogP contribution is 2.25. The van der Waals surface area contributed by atoms with Crippen molar-refractivity contribution in [2.45, 2.75) is 20.0 Å². The van der Waals surface area contributed by atoms with Crippen molar-refractivity contribution in [1.82, 2.24) is 14.9 Å². The Balaban J connectivity index is 1.96. The minimum absolute atomic E-state index is 0.0802. The Kier molecular flexibility index (Phi) is 6.10. The third-order valence-electron chi connectivity index (χ3n) is 3.87. The molecule has 0 aliphatic heterocycles. The van der Waals surface area contributed by atoms with Crippen LogP contribution in [0.5, 0.6) is 17.2 Å². The second-order valence-corrected chi connectivity index (χ2v) is 6.60. The Bertz CT molecular complexity index is 1040. The predicted molar refractivity (Wildman–Crippen MR) is 111 cm³/mol. The highest BCUT2D eigenvalue weighted by Gasteiger charge is 2.10. The molecule has 1 aromatic heterocycles. The summed E-state index contributed by atoms with van der Waals surface area (Å²) >= 11 is 5.34. The highest BCUT2D eigenvalue weighted by atomic mass is 32.1. The maximum Gasteiger partial charge on any atom is 0.216 e. The largest absolute Gasteiger partial charge is 0.497 e. The summed E-state index contributed by atoms with van der Waals surface area (Å²) in [5.41, 5.74) is 1.62. The fourth-order valence-electron chi connectivity index (χ4n) is 2.61. The third-order valence-corrected chi connectivity index (χ3v) is 4.13. The SMILES string of the molecule is COc1ccc(/C=N\n2c(-c3cccc(OC(C)C)c3)n[nH]c2=S)c(OC)c1. The molecule has 0 aliphatic rings. The van der Waals surface area contributed by atoms with E-state index < -0.39 is 0 Å². The molecule has 0 spiro atoms. The Labute approximate surface area is 168 Å². The van der Waals surface area contributed by atoms with E-state index >= 15 is 0 Å². The van der Waals surface area contributed by atoms with Crippen LogP contribution >= 0.6 is 12.2 Å². The zero-order valence-electron chi connectivity index (χ0n) is 16.2. The minimum Gasteiger partial charge on any atom is -0.497 e. The lowest BCUT2D eigenvalue weighted by Crippen LogP contribution is -2.05. The van der Waals surface area contributed by atoms with Crippen LogP contribution in [0.15, 0.2) is 47.6 Å². The second kappa shape index (κ2) is 8.71. The van der Waals surface area contributed by atoms with E-state index in [2.05, 4.69) is 15.3 Å². The lowest BCUT2D eigenvalue weighted by atomic mass is 10.2. The van der Waals surface area contributed by atoms with Crippen molar-refractivity contribution in [2.24, 2.45) is 5.10 Å². The molecule has 0 bridgehead atoms. The molecule has 1 N–H and O–H groups in total. The predicted octanol–water partition coefficient (Wildman–Crippen LogP) is 4.29. The van der Waals surface area contributed by atoms with E-state index in [9.17, 15) is 0 Å². The number of nitrogens with zero attached hydrogens (tertiary/aromatic N) is 3. The molecular weight excluding hydrogens is 376 g/mol. The van der Waals surface area contributed by atoms with Gasteiger partial charge in [-0.05, 0) is 50.3 Å². The fourth-order valence-corrected chi connectivity index (χ4v) is 2.79. The quantitative estimate of drug-likeness (QED) is 0.475. The van der Waals surface area contributed by atoms with Crippen molar-refractivity contribution in [2.75, 3.05) is 14.2 Å². The van der Waals surface area contributed by atoms with Crippen LogP contribution in [0, 0.1) is 4.77 Å². The van der Waals surface area contributed by atoms with Crippen LogP contribution in [-0.4, -0.2) is 41.4 Å². The average molecular weight is 398 g/mol. The first-order valence-electron chi connectivity index (χ1n) is 8.72. The number of benzene rings is 2. The number of aromatic nitrogens is 3. The maximum atomic E-state index is 5.76. The van der Waals surface area contributed by atoms with E-state index in [0.29, 0.717) is 22.1 Å². The number of rotatable bonds is 7. The third kappa shape index (κ3) is 4.40. The topological polar surface area (TPSA) is 73.7 Å². The van der Waals surface area contributed by atoms with Crippen LogP contribution in [0.2, 0.25) is 0 Å². The minimum atomic E-state index is 0.0802. The van der Waals surface area contributed by atoms with Crippen molar-refractivity contribution in [3.63, 3.8) is 0 Å².